The first kappa shape index (κ1) is 20.5. The molecule has 2 heterocycles. The molecule has 0 saturated heterocycles. The van der Waals surface area contributed by atoms with Gasteiger partial charge in [0.15, 0.2) is 0 Å². The first-order chi connectivity index (χ1) is 14.4. The molecule has 0 amide bonds. The molecule has 1 aliphatic carbocycles. The summed E-state index contributed by atoms with van der Waals surface area (Å²) in [6.07, 6.45) is 4.72. The van der Waals surface area contributed by atoms with E-state index in [1.807, 2.05) is 24.3 Å². The number of aromatic nitrogens is 2. The van der Waals surface area contributed by atoms with Crippen molar-refractivity contribution in [3.05, 3.63) is 65.1 Å². The van der Waals surface area contributed by atoms with E-state index in [9.17, 15) is 8.42 Å². The van der Waals surface area contributed by atoms with Crippen LogP contribution in [0.25, 0.3) is 10.9 Å². The van der Waals surface area contributed by atoms with Gasteiger partial charge in [0.1, 0.15) is 7.11 Å². The summed E-state index contributed by atoms with van der Waals surface area (Å²) in [5.41, 5.74) is 5.30. The Kier molecular flexibility index (Phi) is 5.59. The number of nitrogens with zero attached hydrogens (tertiary/aromatic N) is 4. The van der Waals surface area contributed by atoms with Gasteiger partial charge >= 0.3 is 0 Å². The Morgan fingerprint density at radius 3 is 2.83 bits per heavy atom. The Hall–Kier alpha value is -2.75. The average molecular weight is 428 g/mol. The minimum Gasteiger partial charge on any atom is -0.399 e. The topological polar surface area (TPSA) is 88.8 Å². The van der Waals surface area contributed by atoms with E-state index in [2.05, 4.69) is 31.6 Å². The summed E-state index contributed by atoms with van der Waals surface area (Å²) < 4.78 is 30.9. The molecule has 0 fully saturated rings. The van der Waals surface area contributed by atoms with Crippen molar-refractivity contribution in [2.45, 2.75) is 25.4 Å². The second-order valence-electron chi connectivity index (χ2n) is 7.54. The summed E-state index contributed by atoms with van der Waals surface area (Å²) in [4.78, 5) is 9.27. The first-order valence-electron chi connectivity index (χ1n) is 9.69. The molecule has 0 bridgehead atoms. The van der Waals surface area contributed by atoms with Crippen LogP contribution in [-0.4, -0.2) is 55.7 Å². The van der Waals surface area contributed by atoms with Crippen molar-refractivity contribution in [3.8, 4) is 0 Å². The van der Waals surface area contributed by atoms with Gasteiger partial charge in [-0.05, 0) is 41.8 Å². The molecule has 0 radical (unpaired) electrons. The van der Waals surface area contributed by atoms with Gasteiger partial charge in [-0.25, -0.2) is 0 Å². The molecule has 1 aromatic carbocycles. The molecule has 8 nitrogen and oxygen atoms in total. The predicted octanol–water partition coefficient (Wildman–Crippen LogP) is 1.93. The van der Waals surface area contributed by atoms with Gasteiger partial charge in [0, 0.05) is 49.4 Å². The molecule has 1 N–H and O–H groups in total. The maximum Gasteiger partial charge on any atom is 0.279 e. The van der Waals surface area contributed by atoms with Gasteiger partial charge in [-0.15, -0.1) is 0 Å². The average Bonchev–Trinajstić information content (AvgIpc) is 3.24. The molecule has 0 spiro atoms. The maximum absolute atomic E-state index is 12.3. The summed E-state index contributed by atoms with van der Waals surface area (Å²) in [6.45, 7) is 0.630. The van der Waals surface area contributed by atoms with Crippen LogP contribution in [0.2, 0.25) is 0 Å². The zero-order valence-electron chi connectivity index (χ0n) is 17.2. The lowest BCUT2D eigenvalue weighted by Gasteiger charge is -2.18. The van der Waals surface area contributed by atoms with E-state index in [1.165, 1.54) is 31.1 Å². The maximum atomic E-state index is 12.3. The highest BCUT2D eigenvalue weighted by molar-refractivity contribution is 7.87. The lowest BCUT2D eigenvalue weighted by Crippen LogP contribution is -2.42. The number of oxime groups is 1. The summed E-state index contributed by atoms with van der Waals surface area (Å²) >= 11 is 0. The number of fused-ring (bicyclic) bond motifs is 3. The minimum atomic E-state index is -3.50. The highest BCUT2D eigenvalue weighted by Crippen LogP contribution is 2.34. The minimum absolute atomic E-state index is 0.182. The van der Waals surface area contributed by atoms with Gasteiger partial charge in [-0.1, -0.05) is 17.3 Å². The quantitative estimate of drug-likeness (QED) is 0.461. The highest BCUT2D eigenvalue weighted by Gasteiger charge is 2.31. The van der Waals surface area contributed by atoms with Gasteiger partial charge in [0.2, 0.25) is 0 Å². The Balaban J connectivity index is 1.76. The molecular formula is C21H25N5O3S. The third kappa shape index (κ3) is 3.96. The molecule has 4 rings (SSSR count). The molecule has 3 aromatic rings. The number of hydrogen-bond donors (Lipinski definition) is 1. The second kappa shape index (κ2) is 8.17. The van der Waals surface area contributed by atoms with Crippen molar-refractivity contribution < 1.29 is 13.3 Å². The van der Waals surface area contributed by atoms with Crippen molar-refractivity contribution in [1.82, 2.24) is 18.6 Å². The Morgan fingerprint density at radius 2 is 2.13 bits per heavy atom. The third-order valence-corrected chi connectivity index (χ3v) is 6.94. The van der Waals surface area contributed by atoms with E-state index in [-0.39, 0.29) is 6.04 Å². The van der Waals surface area contributed by atoms with Gasteiger partial charge in [-0.3, -0.25) is 4.98 Å². The standard InChI is InChI=1S/C21H25N5O3S/c1-25(2)30(27,28)24-17-11-19-18-10-15(13-23-29-3)7-8-20(18)26(21(19)12-17)14-16-6-4-5-9-22-16/h4-10,13,17,24H,11-12,14H2,1-3H3/t17-/m1/s1. The molecule has 2 aromatic heterocycles. The van der Waals surface area contributed by atoms with Gasteiger partial charge in [0.25, 0.3) is 10.2 Å². The van der Waals surface area contributed by atoms with Crippen molar-refractivity contribution in [2.75, 3.05) is 21.2 Å². The summed E-state index contributed by atoms with van der Waals surface area (Å²) in [5.74, 6) is 0. The van der Waals surface area contributed by atoms with Gasteiger partial charge in [0.05, 0.1) is 18.5 Å². The largest absolute Gasteiger partial charge is 0.399 e. The van der Waals surface area contributed by atoms with Crippen molar-refractivity contribution in [2.24, 2.45) is 5.16 Å². The normalized spacial score (nSPS) is 16.6. The van der Waals surface area contributed by atoms with Crippen LogP contribution in [0.1, 0.15) is 22.5 Å². The first-order valence-corrected chi connectivity index (χ1v) is 11.1. The Morgan fingerprint density at radius 1 is 1.30 bits per heavy atom. The van der Waals surface area contributed by atoms with Crippen molar-refractivity contribution in [3.63, 3.8) is 0 Å². The van der Waals surface area contributed by atoms with Crippen LogP contribution in [0.3, 0.4) is 0 Å². The van der Waals surface area contributed by atoms with Crippen molar-refractivity contribution >= 4 is 27.3 Å². The van der Waals surface area contributed by atoms with E-state index in [0.717, 1.165) is 27.9 Å². The molecule has 1 aliphatic rings. The molecule has 158 valence electrons. The highest BCUT2D eigenvalue weighted by atomic mass is 32.2. The Labute approximate surface area is 176 Å². The fraction of sp³-hybridized carbons (Fsp3) is 0.333. The summed E-state index contributed by atoms with van der Waals surface area (Å²) in [6, 6.07) is 11.8. The lowest BCUT2D eigenvalue weighted by molar-refractivity contribution is 0.215. The second-order valence-corrected chi connectivity index (χ2v) is 9.45. The third-order valence-electron chi connectivity index (χ3n) is 5.35. The smallest absolute Gasteiger partial charge is 0.279 e. The molecule has 1 atom stereocenters. The fourth-order valence-corrected chi connectivity index (χ4v) is 4.73. The van der Waals surface area contributed by atoms with Crippen LogP contribution in [0, 0.1) is 0 Å². The zero-order chi connectivity index (χ0) is 21.3. The van der Waals surface area contributed by atoms with Crippen LogP contribution in [0.5, 0.6) is 0 Å². The molecule has 0 unspecified atom stereocenters. The zero-order valence-corrected chi connectivity index (χ0v) is 18.1. The van der Waals surface area contributed by atoms with E-state index in [0.29, 0.717) is 19.4 Å². The van der Waals surface area contributed by atoms with Crippen molar-refractivity contribution in [1.29, 1.82) is 0 Å². The van der Waals surface area contributed by atoms with E-state index < -0.39 is 10.2 Å². The fourth-order valence-electron chi connectivity index (χ4n) is 3.94. The van der Waals surface area contributed by atoms with E-state index in [4.69, 9.17) is 4.84 Å². The van der Waals surface area contributed by atoms with Crippen LogP contribution in [0.15, 0.2) is 47.8 Å². The monoisotopic (exact) mass is 427 g/mol. The molecule has 30 heavy (non-hydrogen) atoms. The Bertz CT molecular complexity index is 1190. The lowest BCUT2D eigenvalue weighted by atomic mass is 10.1. The predicted molar refractivity (Wildman–Crippen MR) is 117 cm³/mol. The molecular weight excluding hydrogens is 402 g/mol. The van der Waals surface area contributed by atoms with Gasteiger partial charge < -0.3 is 9.40 Å². The number of nitrogens with one attached hydrogen (secondary N) is 1. The van der Waals surface area contributed by atoms with Gasteiger partial charge in [-0.2, -0.15) is 17.4 Å². The molecule has 9 heteroatoms. The van der Waals surface area contributed by atoms with Crippen LogP contribution in [0.4, 0.5) is 0 Å². The van der Waals surface area contributed by atoms with Crippen LogP contribution >= 0.6 is 0 Å². The number of rotatable bonds is 7. The number of pyridine rings is 1. The van der Waals surface area contributed by atoms with Crippen LogP contribution in [-0.2, 0) is 34.4 Å². The number of hydrogen-bond acceptors (Lipinski definition) is 5. The summed E-state index contributed by atoms with van der Waals surface area (Å²) in [7, 11) is 1.07. The molecule has 0 saturated carbocycles. The SMILES string of the molecule is CON=Cc1ccc2c(c1)c1c(n2Cc2ccccn2)C[C@H](NS(=O)(=O)N(C)C)C1. The van der Waals surface area contributed by atoms with Crippen LogP contribution < -0.4 is 4.72 Å². The van der Waals surface area contributed by atoms with E-state index >= 15 is 0 Å². The number of benzene rings is 1. The summed E-state index contributed by atoms with van der Waals surface area (Å²) in [5, 5.41) is 4.96. The van der Waals surface area contributed by atoms with E-state index in [1.54, 1.807) is 12.4 Å². The molecule has 0 aliphatic heterocycles.